The number of hydrogen-bond donors (Lipinski definition) is 0. The Morgan fingerprint density at radius 1 is 1.00 bits per heavy atom. The number of methoxy groups -OCH3 is 1. The third-order valence-electron chi connectivity index (χ3n) is 7.24. The number of esters is 2. The Hall–Kier alpha value is -3.68. The van der Waals surface area contributed by atoms with E-state index in [1.165, 1.54) is 13.8 Å². The van der Waals surface area contributed by atoms with Crippen LogP contribution in [0.5, 0.6) is 5.75 Å². The second-order valence-corrected chi connectivity index (χ2v) is 11.0. The third kappa shape index (κ3) is 3.34. The molecule has 0 unspecified atom stereocenters. The number of fused-ring (bicyclic) bond motifs is 4. The van der Waals surface area contributed by atoms with E-state index in [9.17, 15) is 14.4 Å². The van der Waals surface area contributed by atoms with Crippen LogP contribution in [-0.4, -0.2) is 47.9 Å². The summed E-state index contributed by atoms with van der Waals surface area (Å²) in [5.74, 6) is -3.34. The molecule has 3 aliphatic rings. The number of hydrazone groups is 1. The van der Waals surface area contributed by atoms with E-state index in [-0.39, 0.29) is 5.78 Å². The van der Waals surface area contributed by atoms with Crippen LogP contribution in [0.15, 0.2) is 53.6 Å². The predicted octanol–water partition coefficient (Wildman–Crippen LogP) is 3.99. The number of cyclic esters (lactones) is 2. The highest BCUT2D eigenvalue weighted by molar-refractivity contribution is 6.07. The molecule has 1 spiro atoms. The zero-order valence-corrected chi connectivity index (χ0v) is 21.3. The van der Waals surface area contributed by atoms with Crippen molar-refractivity contribution in [3.05, 3.63) is 65.2 Å². The molecule has 2 aromatic carbocycles. The maximum absolute atomic E-state index is 14.1. The number of ketones is 1. The summed E-state index contributed by atoms with van der Waals surface area (Å²) in [6.45, 7) is 8.51. The van der Waals surface area contributed by atoms with Gasteiger partial charge in [0.1, 0.15) is 17.8 Å². The Balaban J connectivity index is 1.83. The van der Waals surface area contributed by atoms with E-state index in [0.29, 0.717) is 16.9 Å². The van der Waals surface area contributed by atoms with Crippen LogP contribution in [0.4, 0.5) is 0 Å². The minimum atomic E-state index is -1.86. The molecule has 0 bridgehead atoms. The van der Waals surface area contributed by atoms with E-state index < -0.39 is 46.6 Å². The van der Waals surface area contributed by atoms with Crippen molar-refractivity contribution >= 4 is 23.9 Å². The predicted molar refractivity (Wildman–Crippen MR) is 131 cm³/mol. The van der Waals surface area contributed by atoms with Crippen molar-refractivity contribution in [2.24, 2.45) is 15.9 Å². The van der Waals surface area contributed by atoms with Crippen LogP contribution in [-0.2, 0) is 23.9 Å². The third-order valence-corrected chi connectivity index (χ3v) is 7.24. The van der Waals surface area contributed by atoms with Crippen LogP contribution in [0.3, 0.4) is 0 Å². The van der Waals surface area contributed by atoms with Crippen LogP contribution in [0.1, 0.15) is 63.3 Å². The Labute approximate surface area is 210 Å². The molecule has 0 saturated carbocycles. The van der Waals surface area contributed by atoms with Gasteiger partial charge in [-0.2, -0.15) is 5.10 Å². The van der Waals surface area contributed by atoms with E-state index in [1.54, 1.807) is 42.6 Å². The van der Waals surface area contributed by atoms with Gasteiger partial charge in [-0.15, -0.1) is 0 Å². The molecule has 2 fully saturated rings. The van der Waals surface area contributed by atoms with Crippen molar-refractivity contribution in [2.45, 2.75) is 58.4 Å². The van der Waals surface area contributed by atoms with Gasteiger partial charge in [0, 0.05) is 25.2 Å². The molecule has 8 heteroatoms. The quantitative estimate of drug-likeness (QED) is 0.474. The highest BCUT2D eigenvalue weighted by Gasteiger charge is 2.75. The fraction of sp³-hybridized carbons (Fsp3) is 0.429. The Morgan fingerprint density at radius 3 is 2.19 bits per heavy atom. The van der Waals surface area contributed by atoms with Crippen LogP contribution in [0.2, 0.25) is 0 Å². The van der Waals surface area contributed by atoms with Gasteiger partial charge >= 0.3 is 11.9 Å². The SMILES string of the molecule is COc1ccc([C@H]2[C@H](C(=O)C(C)(C)C)N3N=Cc4ccccc4[C@H]3C23C(=O)OC(C)(C)OC3=O)cc1. The number of carbonyl (C=O) groups is 3. The molecule has 5 rings (SSSR count). The molecule has 36 heavy (non-hydrogen) atoms. The summed E-state index contributed by atoms with van der Waals surface area (Å²) in [7, 11) is 1.56. The van der Waals surface area contributed by atoms with Gasteiger partial charge in [0.15, 0.2) is 5.78 Å². The van der Waals surface area contributed by atoms with Crippen molar-refractivity contribution in [3.63, 3.8) is 0 Å². The Bertz CT molecular complexity index is 1250. The summed E-state index contributed by atoms with van der Waals surface area (Å²) in [5, 5.41) is 6.28. The lowest BCUT2D eigenvalue weighted by Gasteiger charge is -2.44. The van der Waals surface area contributed by atoms with E-state index in [1.807, 2.05) is 45.0 Å². The van der Waals surface area contributed by atoms with Gasteiger partial charge in [0.2, 0.25) is 5.41 Å². The molecule has 2 aromatic rings. The van der Waals surface area contributed by atoms with Gasteiger partial charge in [0.25, 0.3) is 5.79 Å². The highest BCUT2D eigenvalue weighted by atomic mass is 16.7. The summed E-state index contributed by atoms with van der Waals surface area (Å²) in [5.41, 5.74) is -0.540. The normalized spacial score (nSPS) is 25.6. The first-order valence-electron chi connectivity index (χ1n) is 12.0. The second-order valence-electron chi connectivity index (χ2n) is 11.0. The molecule has 0 aromatic heterocycles. The zero-order valence-electron chi connectivity index (χ0n) is 21.3. The van der Waals surface area contributed by atoms with E-state index in [0.717, 1.165) is 5.56 Å². The molecule has 0 aliphatic carbocycles. The topological polar surface area (TPSA) is 94.5 Å². The molecule has 3 aliphatic heterocycles. The van der Waals surface area contributed by atoms with Crippen molar-refractivity contribution in [2.75, 3.05) is 7.11 Å². The summed E-state index contributed by atoms with van der Waals surface area (Å²) < 4.78 is 16.8. The molecule has 0 amide bonds. The second kappa shape index (κ2) is 7.91. The lowest BCUT2D eigenvalue weighted by atomic mass is 9.64. The summed E-state index contributed by atoms with van der Waals surface area (Å²) in [4.78, 5) is 42.3. The van der Waals surface area contributed by atoms with Gasteiger partial charge in [-0.05, 0) is 28.8 Å². The zero-order chi connectivity index (χ0) is 26.0. The van der Waals surface area contributed by atoms with Crippen molar-refractivity contribution in [3.8, 4) is 5.75 Å². The van der Waals surface area contributed by atoms with Gasteiger partial charge in [0.05, 0.1) is 13.3 Å². The van der Waals surface area contributed by atoms with Crippen LogP contribution in [0, 0.1) is 10.8 Å². The molecule has 3 heterocycles. The molecule has 2 saturated heterocycles. The summed E-state index contributed by atoms with van der Waals surface area (Å²) in [6.07, 6.45) is 1.67. The highest BCUT2D eigenvalue weighted by Crippen LogP contribution is 2.63. The number of rotatable bonds is 3. The average molecular weight is 491 g/mol. The summed E-state index contributed by atoms with van der Waals surface area (Å²) in [6, 6.07) is 12.7. The van der Waals surface area contributed by atoms with Crippen molar-refractivity contribution in [1.82, 2.24) is 5.01 Å². The molecule has 3 atom stereocenters. The van der Waals surface area contributed by atoms with E-state index >= 15 is 0 Å². The number of nitrogens with zero attached hydrogens (tertiary/aromatic N) is 2. The molecule has 0 radical (unpaired) electrons. The number of Topliss-reactive ketones (excluding diaryl/α,β-unsaturated/α-hetero) is 1. The Morgan fingerprint density at radius 2 is 1.61 bits per heavy atom. The monoisotopic (exact) mass is 490 g/mol. The van der Waals surface area contributed by atoms with Crippen molar-refractivity contribution in [1.29, 1.82) is 0 Å². The molecular weight excluding hydrogens is 460 g/mol. The lowest BCUT2D eigenvalue weighted by molar-refractivity contribution is -0.254. The van der Waals surface area contributed by atoms with Crippen LogP contribution < -0.4 is 4.74 Å². The molecule has 188 valence electrons. The van der Waals surface area contributed by atoms with E-state index in [4.69, 9.17) is 14.2 Å². The van der Waals surface area contributed by atoms with Crippen molar-refractivity contribution < 1.29 is 28.6 Å². The largest absolute Gasteiger partial charge is 0.497 e. The number of carbonyl (C=O) groups excluding carboxylic acids is 3. The molecule has 8 nitrogen and oxygen atoms in total. The first-order chi connectivity index (χ1) is 16.9. The lowest BCUT2D eigenvalue weighted by Crippen LogP contribution is -2.58. The fourth-order valence-corrected chi connectivity index (χ4v) is 5.64. The van der Waals surface area contributed by atoms with Crippen LogP contribution in [0.25, 0.3) is 0 Å². The maximum Gasteiger partial charge on any atom is 0.330 e. The van der Waals surface area contributed by atoms with E-state index in [2.05, 4.69) is 5.10 Å². The number of hydrogen-bond acceptors (Lipinski definition) is 8. The van der Waals surface area contributed by atoms with Gasteiger partial charge in [-0.1, -0.05) is 57.2 Å². The molecule has 0 N–H and O–H groups in total. The van der Waals surface area contributed by atoms with Gasteiger partial charge in [-0.25, -0.2) is 0 Å². The van der Waals surface area contributed by atoms with Gasteiger partial charge in [-0.3, -0.25) is 19.4 Å². The molecular formula is C28H30N2O6. The number of ether oxygens (including phenoxy) is 3. The summed E-state index contributed by atoms with van der Waals surface area (Å²) >= 11 is 0. The number of benzene rings is 2. The maximum atomic E-state index is 14.1. The first-order valence-corrected chi connectivity index (χ1v) is 12.0. The standard InChI is InChI=1S/C28H30N2O6/c1-26(2,3)23(31)21-20(16-11-13-18(34-6)14-12-16)28(24(32)35-27(4,5)36-25(28)33)22-19-10-8-7-9-17(19)15-29-30(21)22/h7-15,20-22H,1-6H3/t20-,21+,22-/m0/s1. The minimum Gasteiger partial charge on any atom is -0.497 e. The first kappa shape index (κ1) is 24.0. The van der Waals surface area contributed by atoms with Gasteiger partial charge < -0.3 is 14.2 Å². The Kier molecular flexibility index (Phi) is 5.28. The average Bonchev–Trinajstić information content (AvgIpc) is 3.13. The van der Waals surface area contributed by atoms with Crippen LogP contribution >= 0.6 is 0 Å². The fourth-order valence-electron chi connectivity index (χ4n) is 5.64. The minimum absolute atomic E-state index is 0.146. The smallest absolute Gasteiger partial charge is 0.330 e.